The molecule has 6 rings (SSSR count). The van der Waals surface area contributed by atoms with E-state index in [0.29, 0.717) is 16.6 Å². The van der Waals surface area contributed by atoms with E-state index in [1.165, 1.54) is 23.5 Å². The van der Waals surface area contributed by atoms with Gasteiger partial charge in [-0.3, -0.25) is 15.0 Å². The Balaban J connectivity index is 1.09. The number of urea groups is 1. The highest BCUT2D eigenvalue weighted by Gasteiger charge is 2.16. The minimum atomic E-state index is -0.617. The molecule has 2 amide bonds. The van der Waals surface area contributed by atoms with Gasteiger partial charge in [-0.2, -0.15) is 5.10 Å². The van der Waals surface area contributed by atoms with E-state index in [4.69, 9.17) is 4.74 Å². The van der Waals surface area contributed by atoms with Crippen molar-refractivity contribution in [3.8, 4) is 22.8 Å². The molecule has 40 heavy (non-hydrogen) atoms. The average molecular weight is 559 g/mol. The van der Waals surface area contributed by atoms with Crippen LogP contribution in [0.25, 0.3) is 21.5 Å². The first kappa shape index (κ1) is 25.7. The van der Waals surface area contributed by atoms with Crippen LogP contribution in [0.3, 0.4) is 0 Å². The summed E-state index contributed by atoms with van der Waals surface area (Å²) < 4.78 is 23.3. The Bertz CT molecular complexity index is 1680. The first-order valence-electron chi connectivity index (χ1n) is 12.7. The summed E-state index contributed by atoms with van der Waals surface area (Å²) in [5.41, 5.74) is 3.73. The molecule has 4 heterocycles. The summed E-state index contributed by atoms with van der Waals surface area (Å²) >= 11 is 1.40. The maximum absolute atomic E-state index is 14.8. The minimum absolute atomic E-state index is 0.0247. The van der Waals surface area contributed by atoms with Crippen molar-refractivity contribution in [3.05, 3.63) is 72.9 Å². The van der Waals surface area contributed by atoms with Crippen molar-refractivity contribution >= 4 is 44.1 Å². The number of hydrogen-bond donors (Lipinski definition) is 2. The number of anilines is 3. The van der Waals surface area contributed by atoms with Crippen LogP contribution in [-0.4, -0.2) is 63.9 Å². The molecule has 204 valence electrons. The molecular weight excluding hydrogens is 531 g/mol. The lowest BCUT2D eigenvalue weighted by molar-refractivity contribution is 0.262. The Morgan fingerprint density at radius 1 is 1.02 bits per heavy atom. The molecule has 1 saturated heterocycles. The number of ether oxygens (including phenoxy) is 1. The van der Waals surface area contributed by atoms with Gasteiger partial charge < -0.3 is 19.9 Å². The molecule has 5 aromatic rings. The number of aromatic nitrogens is 4. The van der Waals surface area contributed by atoms with Gasteiger partial charge in [0.1, 0.15) is 5.75 Å². The zero-order chi connectivity index (χ0) is 27.6. The Morgan fingerprint density at radius 2 is 1.88 bits per heavy atom. The van der Waals surface area contributed by atoms with Crippen molar-refractivity contribution in [2.24, 2.45) is 7.05 Å². The van der Waals surface area contributed by atoms with Crippen molar-refractivity contribution in [1.29, 1.82) is 0 Å². The van der Waals surface area contributed by atoms with Crippen LogP contribution < -0.4 is 20.3 Å². The molecule has 12 heteroatoms. The Hall–Kier alpha value is -4.55. The van der Waals surface area contributed by atoms with Gasteiger partial charge in [0.2, 0.25) is 0 Å². The number of halogens is 1. The zero-order valence-electron chi connectivity index (χ0n) is 22.0. The standard InChI is InChI=1S/C28H27FN8O2S/c1-35-9-11-37(12-10-35)20-4-5-23-26(14-20)40-28(33-23)34-27(38)32-19-3-6-25(22(29)13-19)39-21-7-8-30-24(15-21)18-16-31-36(2)17-18/h3-8,13-17H,9-12H2,1-2H3,(H2,32,33,34,38). The second-order valence-corrected chi connectivity index (χ2v) is 10.6. The number of aryl methyl sites for hydroxylation is 1. The summed E-state index contributed by atoms with van der Waals surface area (Å²) in [4.78, 5) is 26.1. The number of piperazine rings is 1. The molecule has 10 nitrogen and oxygen atoms in total. The quantitative estimate of drug-likeness (QED) is 0.287. The minimum Gasteiger partial charge on any atom is -0.454 e. The van der Waals surface area contributed by atoms with Crippen LogP contribution in [0, 0.1) is 5.82 Å². The Morgan fingerprint density at radius 3 is 2.65 bits per heavy atom. The van der Waals surface area contributed by atoms with Gasteiger partial charge in [-0.25, -0.2) is 14.2 Å². The molecule has 0 bridgehead atoms. The third-order valence-electron chi connectivity index (χ3n) is 6.61. The number of carbonyl (C=O) groups is 1. The van der Waals surface area contributed by atoms with Gasteiger partial charge in [-0.15, -0.1) is 0 Å². The first-order valence-corrected chi connectivity index (χ1v) is 13.6. The normalized spacial score (nSPS) is 13.9. The molecule has 0 aliphatic carbocycles. The van der Waals surface area contributed by atoms with E-state index in [2.05, 4.69) is 54.7 Å². The fourth-order valence-corrected chi connectivity index (χ4v) is 5.36. The second kappa shape index (κ2) is 10.9. The SMILES string of the molecule is CN1CCN(c2ccc3nc(NC(=O)Nc4ccc(Oc5ccnc(-c6cnn(C)c6)c5)c(F)c4)sc3c2)CC1. The number of fused-ring (bicyclic) bond motifs is 1. The van der Waals surface area contributed by atoms with Gasteiger partial charge >= 0.3 is 6.03 Å². The van der Waals surface area contributed by atoms with Crippen LogP contribution in [0.2, 0.25) is 0 Å². The highest BCUT2D eigenvalue weighted by Crippen LogP contribution is 2.31. The molecule has 1 aliphatic rings. The zero-order valence-corrected chi connectivity index (χ0v) is 22.8. The number of carbonyl (C=O) groups excluding carboxylic acids is 1. The second-order valence-electron chi connectivity index (χ2n) is 9.57. The monoisotopic (exact) mass is 558 g/mol. The predicted molar refractivity (Wildman–Crippen MR) is 155 cm³/mol. The van der Waals surface area contributed by atoms with E-state index in [-0.39, 0.29) is 11.4 Å². The van der Waals surface area contributed by atoms with Crippen molar-refractivity contribution in [2.75, 3.05) is 48.8 Å². The van der Waals surface area contributed by atoms with Crippen LogP contribution in [0.15, 0.2) is 67.1 Å². The number of nitrogens with zero attached hydrogens (tertiary/aromatic N) is 6. The summed E-state index contributed by atoms with van der Waals surface area (Å²) in [5, 5.41) is 10.0. The Kier molecular flexibility index (Phi) is 7.01. The lowest BCUT2D eigenvalue weighted by Crippen LogP contribution is -2.44. The number of nitrogens with one attached hydrogen (secondary N) is 2. The molecule has 3 aromatic heterocycles. The summed E-state index contributed by atoms with van der Waals surface area (Å²) in [5.74, 6) is -0.164. The third-order valence-corrected chi connectivity index (χ3v) is 7.54. The van der Waals surface area contributed by atoms with E-state index in [0.717, 1.165) is 47.6 Å². The maximum atomic E-state index is 14.8. The molecule has 0 saturated carbocycles. The molecule has 0 atom stereocenters. The molecular formula is C28H27FN8O2S. The smallest absolute Gasteiger partial charge is 0.325 e. The topological polar surface area (TPSA) is 100 Å². The molecule has 2 aromatic carbocycles. The summed E-state index contributed by atoms with van der Waals surface area (Å²) in [7, 11) is 3.95. The summed E-state index contributed by atoms with van der Waals surface area (Å²) in [6.45, 7) is 4.00. The van der Waals surface area contributed by atoms with E-state index >= 15 is 0 Å². The highest BCUT2D eigenvalue weighted by atomic mass is 32.1. The van der Waals surface area contributed by atoms with Gasteiger partial charge in [0.15, 0.2) is 16.7 Å². The first-order chi connectivity index (χ1) is 19.4. The molecule has 2 N–H and O–H groups in total. The average Bonchev–Trinajstić information content (AvgIpc) is 3.56. The molecule has 1 fully saturated rings. The highest BCUT2D eigenvalue weighted by molar-refractivity contribution is 7.22. The Labute approximate surface area is 234 Å². The van der Waals surface area contributed by atoms with E-state index in [1.807, 2.05) is 19.3 Å². The number of pyridine rings is 1. The van der Waals surface area contributed by atoms with Crippen molar-refractivity contribution in [3.63, 3.8) is 0 Å². The molecule has 0 unspecified atom stereocenters. The van der Waals surface area contributed by atoms with Crippen molar-refractivity contribution in [2.45, 2.75) is 0 Å². The van der Waals surface area contributed by atoms with Crippen molar-refractivity contribution < 1.29 is 13.9 Å². The summed E-state index contributed by atoms with van der Waals surface area (Å²) in [6.07, 6.45) is 5.11. The van der Waals surface area contributed by atoms with Crippen molar-refractivity contribution in [1.82, 2.24) is 24.6 Å². The van der Waals surface area contributed by atoms with Gasteiger partial charge in [0.05, 0.1) is 22.1 Å². The van der Waals surface area contributed by atoms with Gasteiger partial charge in [-0.05, 0) is 43.4 Å². The van der Waals surface area contributed by atoms with E-state index in [9.17, 15) is 9.18 Å². The van der Waals surface area contributed by atoms with Crippen LogP contribution in [0.5, 0.6) is 11.5 Å². The van der Waals surface area contributed by atoms with Crippen LogP contribution in [0.1, 0.15) is 0 Å². The van der Waals surface area contributed by atoms with E-state index in [1.54, 1.807) is 35.3 Å². The maximum Gasteiger partial charge on any atom is 0.325 e. The van der Waals surface area contributed by atoms with Crippen LogP contribution in [0.4, 0.5) is 25.7 Å². The number of amides is 2. The lowest BCUT2D eigenvalue weighted by Gasteiger charge is -2.34. The third kappa shape index (κ3) is 5.72. The van der Waals surface area contributed by atoms with E-state index < -0.39 is 11.8 Å². The fraction of sp³-hybridized carbons (Fsp3) is 0.214. The molecule has 1 aliphatic heterocycles. The van der Waals surface area contributed by atoms with Gasteiger partial charge in [-0.1, -0.05) is 11.3 Å². The van der Waals surface area contributed by atoms with Gasteiger partial charge in [0, 0.05) is 74.7 Å². The molecule has 0 radical (unpaired) electrons. The van der Waals surface area contributed by atoms with Gasteiger partial charge in [0.25, 0.3) is 0 Å². The number of benzene rings is 2. The van der Waals surface area contributed by atoms with Crippen LogP contribution in [-0.2, 0) is 7.05 Å². The van der Waals surface area contributed by atoms with Crippen LogP contribution >= 0.6 is 11.3 Å². The number of likely N-dealkylation sites (N-methyl/N-ethyl adjacent to an activating group) is 1. The fourth-order valence-electron chi connectivity index (χ4n) is 4.46. The number of thiazole rings is 1. The lowest BCUT2D eigenvalue weighted by atomic mass is 10.2. The molecule has 0 spiro atoms. The number of rotatable bonds is 6. The summed E-state index contributed by atoms with van der Waals surface area (Å²) in [6, 6.07) is 13.2. The largest absolute Gasteiger partial charge is 0.454 e. The number of hydrogen-bond acceptors (Lipinski definition) is 8. The predicted octanol–water partition coefficient (Wildman–Crippen LogP) is 5.42.